The second-order valence-electron chi connectivity index (χ2n) is 4.80. The molecule has 0 aromatic heterocycles. The fourth-order valence-electron chi connectivity index (χ4n) is 1.92. The Morgan fingerprint density at radius 3 is 2.32 bits per heavy atom. The summed E-state index contributed by atoms with van der Waals surface area (Å²) in [6.45, 7) is 5.91. The Balaban J connectivity index is 2.61. The van der Waals surface area contributed by atoms with Crippen molar-refractivity contribution in [2.75, 3.05) is 13.1 Å². The molecule has 106 valence electrons. The van der Waals surface area contributed by atoms with Crippen LogP contribution >= 0.6 is 0 Å². The third-order valence-electron chi connectivity index (χ3n) is 3.10. The maximum absolute atomic E-state index is 12.2. The highest BCUT2D eigenvalue weighted by Crippen LogP contribution is 2.12. The van der Waals surface area contributed by atoms with E-state index < -0.39 is 0 Å². The van der Waals surface area contributed by atoms with Gasteiger partial charge in [0.25, 0.3) is 0 Å². The maximum atomic E-state index is 12.2. The molecule has 0 bridgehead atoms. The number of rotatable bonds is 9. The Bertz CT molecular complexity index is 351. The molecule has 0 aliphatic carbocycles. The Morgan fingerprint density at radius 2 is 1.68 bits per heavy atom. The van der Waals surface area contributed by atoms with Gasteiger partial charge in [-0.15, -0.1) is 0 Å². The number of benzene rings is 1. The van der Waals surface area contributed by atoms with Gasteiger partial charge in [-0.2, -0.15) is 0 Å². The first-order valence-corrected chi connectivity index (χ1v) is 7.35. The summed E-state index contributed by atoms with van der Waals surface area (Å²) in [6, 6.07) is 9.70. The van der Waals surface area contributed by atoms with Gasteiger partial charge in [-0.25, -0.2) is 0 Å². The highest BCUT2D eigenvalue weighted by atomic mass is 16.2. The van der Waals surface area contributed by atoms with E-state index in [4.69, 9.17) is 0 Å². The van der Waals surface area contributed by atoms with Gasteiger partial charge in [0.15, 0.2) is 0 Å². The molecule has 0 radical (unpaired) electrons. The molecule has 0 heterocycles. The fourth-order valence-corrected chi connectivity index (χ4v) is 1.92. The van der Waals surface area contributed by atoms with Crippen molar-refractivity contribution in [3.8, 4) is 0 Å². The van der Waals surface area contributed by atoms with Gasteiger partial charge in [0, 0.05) is 6.54 Å². The average molecular weight is 262 g/mol. The summed E-state index contributed by atoms with van der Waals surface area (Å²) in [5.41, 5.74) is 1.03. The number of nitrogens with one attached hydrogen (secondary N) is 2. The zero-order chi connectivity index (χ0) is 13.9. The van der Waals surface area contributed by atoms with Crippen LogP contribution in [-0.4, -0.2) is 19.0 Å². The summed E-state index contributed by atoms with van der Waals surface area (Å²) in [6.07, 6.45) is 4.35. The van der Waals surface area contributed by atoms with E-state index in [1.54, 1.807) is 0 Å². The molecule has 1 rings (SSSR count). The molecule has 19 heavy (non-hydrogen) atoms. The van der Waals surface area contributed by atoms with Crippen LogP contribution in [0.25, 0.3) is 0 Å². The molecule has 2 N–H and O–H groups in total. The Kier molecular flexibility index (Phi) is 7.91. The van der Waals surface area contributed by atoms with E-state index in [-0.39, 0.29) is 11.9 Å². The largest absolute Gasteiger partial charge is 0.354 e. The Labute approximate surface area is 116 Å². The minimum atomic E-state index is -0.232. The highest BCUT2D eigenvalue weighted by molar-refractivity contribution is 5.83. The predicted molar refractivity (Wildman–Crippen MR) is 80.0 cm³/mol. The van der Waals surface area contributed by atoms with E-state index in [0.29, 0.717) is 0 Å². The minimum Gasteiger partial charge on any atom is -0.354 e. The van der Waals surface area contributed by atoms with Gasteiger partial charge in [0.1, 0.15) is 6.04 Å². The number of hydrogen-bond donors (Lipinski definition) is 2. The average Bonchev–Trinajstić information content (AvgIpc) is 2.45. The van der Waals surface area contributed by atoms with E-state index in [2.05, 4.69) is 24.5 Å². The van der Waals surface area contributed by atoms with Crippen LogP contribution in [0.4, 0.5) is 0 Å². The molecule has 0 saturated carbocycles. The van der Waals surface area contributed by atoms with Crippen LogP contribution in [0.2, 0.25) is 0 Å². The van der Waals surface area contributed by atoms with Gasteiger partial charge in [0.2, 0.25) is 5.91 Å². The van der Waals surface area contributed by atoms with Crippen LogP contribution in [0.15, 0.2) is 30.3 Å². The molecular formula is C16H26N2O. The third kappa shape index (κ3) is 5.88. The first-order chi connectivity index (χ1) is 9.29. The lowest BCUT2D eigenvalue weighted by Crippen LogP contribution is -2.38. The summed E-state index contributed by atoms with van der Waals surface area (Å²) in [5.74, 6) is 0.0794. The number of hydrogen-bond acceptors (Lipinski definition) is 2. The second-order valence-corrected chi connectivity index (χ2v) is 4.80. The predicted octanol–water partition coefficient (Wildman–Crippen LogP) is 3.03. The monoisotopic (exact) mass is 262 g/mol. The molecular weight excluding hydrogens is 236 g/mol. The molecule has 3 heteroatoms. The number of unbranched alkanes of at least 4 members (excludes halogenated alkanes) is 2. The van der Waals surface area contributed by atoms with E-state index in [1.807, 2.05) is 30.3 Å². The SMILES string of the molecule is CCCCNC(=O)C(NCCCC)c1ccccc1. The van der Waals surface area contributed by atoms with Crippen molar-refractivity contribution < 1.29 is 4.79 Å². The molecule has 1 aromatic carbocycles. The molecule has 0 saturated heterocycles. The van der Waals surface area contributed by atoms with Gasteiger partial charge in [-0.05, 0) is 24.9 Å². The van der Waals surface area contributed by atoms with Gasteiger partial charge < -0.3 is 10.6 Å². The van der Waals surface area contributed by atoms with Gasteiger partial charge >= 0.3 is 0 Å². The molecule has 0 aliphatic heterocycles. The topological polar surface area (TPSA) is 41.1 Å². The molecule has 3 nitrogen and oxygen atoms in total. The summed E-state index contributed by atoms with van der Waals surface area (Å²) in [5, 5.41) is 6.36. The van der Waals surface area contributed by atoms with Crippen molar-refractivity contribution in [2.24, 2.45) is 0 Å². The Morgan fingerprint density at radius 1 is 1.05 bits per heavy atom. The molecule has 1 aromatic rings. The van der Waals surface area contributed by atoms with Gasteiger partial charge in [-0.1, -0.05) is 57.0 Å². The van der Waals surface area contributed by atoms with Crippen molar-refractivity contribution in [3.63, 3.8) is 0 Å². The summed E-state index contributed by atoms with van der Waals surface area (Å²) in [4.78, 5) is 12.2. The molecule has 0 fully saturated rings. The van der Waals surface area contributed by atoms with Crippen LogP contribution in [0, 0.1) is 0 Å². The van der Waals surface area contributed by atoms with Gasteiger partial charge in [-0.3, -0.25) is 4.79 Å². The first-order valence-electron chi connectivity index (χ1n) is 7.35. The normalized spacial score (nSPS) is 12.1. The Hall–Kier alpha value is -1.35. The smallest absolute Gasteiger partial charge is 0.241 e. The summed E-state index contributed by atoms with van der Waals surface area (Å²) < 4.78 is 0. The van der Waals surface area contributed by atoms with E-state index in [1.165, 1.54) is 0 Å². The summed E-state index contributed by atoms with van der Waals surface area (Å²) >= 11 is 0. The lowest BCUT2D eigenvalue weighted by atomic mass is 10.1. The number of carbonyl (C=O) groups is 1. The van der Waals surface area contributed by atoms with Crippen LogP contribution < -0.4 is 10.6 Å². The number of amides is 1. The molecule has 1 amide bonds. The zero-order valence-electron chi connectivity index (χ0n) is 12.1. The van der Waals surface area contributed by atoms with Crippen molar-refractivity contribution in [1.82, 2.24) is 10.6 Å². The van der Waals surface area contributed by atoms with Crippen LogP contribution in [0.5, 0.6) is 0 Å². The van der Waals surface area contributed by atoms with Crippen molar-refractivity contribution in [1.29, 1.82) is 0 Å². The lowest BCUT2D eigenvalue weighted by Gasteiger charge is -2.18. The van der Waals surface area contributed by atoms with E-state index >= 15 is 0 Å². The second kappa shape index (κ2) is 9.56. The molecule has 1 atom stereocenters. The third-order valence-corrected chi connectivity index (χ3v) is 3.10. The van der Waals surface area contributed by atoms with E-state index in [0.717, 1.165) is 44.3 Å². The summed E-state index contributed by atoms with van der Waals surface area (Å²) in [7, 11) is 0. The van der Waals surface area contributed by atoms with E-state index in [9.17, 15) is 4.79 Å². The highest BCUT2D eigenvalue weighted by Gasteiger charge is 2.18. The van der Waals surface area contributed by atoms with Crippen LogP contribution in [0.1, 0.15) is 51.1 Å². The molecule has 0 aliphatic rings. The standard InChI is InChI=1S/C16H26N2O/c1-3-5-12-17-15(14-10-8-7-9-11-14)16(19)18-13-6-4-2/h7-11,15,17H,3-6,12-13H2,1-2H3,(H,18,19). The van der Waals surface area contributed by atoms with Crippen molar-refractivity contribution >= 4 is 5.91 Å². The number of carbonyl (C=O) groups excluding carboxylic acids is 1. The van der Waals surface area contributed by atoms with Crippen LogP contribution in [-0.2, 0) is 4.79 Å². The quantitative estimate of drug-likeness (QED) is 0.672. The molecule has 1 unspecified atom stereocenters. The first kappa shape index (κ1) is 15.7. The zero-order valence-corrected chi connectivity index (χ0v) is 12.1. The lowest BCUT2D eigenvalue weighted by molar-refractivity contribution is -0.123. The molecule has 0 spiro atoms. The van der Waals surface area contributed by atoms with Gasteiger partial charge in [0.05, 0.1) is 0 Å². The maximum Gasteiger partial charge on any atom is 0.241 e. The van der Waals surface area contributed by atoms with Crippen molar-refractivity contribution in [2.45, 2.75) is 45.6 Å². The van der Waals surface area contributed by atoms with Crippen molar-refractivity contribution in [3.05, 3.63) is 35.9 Å². The minimum absolute atomic E-state index is 0.0794. The fraction of sp³-hybridized carbons (Fsp3) is 0.562. The van der Waals surface area contributed by atoms with Crippen LogP contribution in [0.3, 0.4) is 0 Å².